The number of nitrogens with zero attached hydrogens (tertiary/aromatic N) is 2. The van der Waals surface area contributed by atoms with Gasteiger partial charge in [0.2, 0.25) is 5.88 Å². The lowest BCUT2D eigenvalue weighted by molar-refractivity contribution is 0.0590. The van der Waals surface area contributed by atoms with Crippen molar-refractivity contribution in [3.05, 3.63) is 18.1 Å². The van der Waals surface area contributed by atoms with E-state index in [9.17, 15) is 4.79 Å². The van der Waals surface area contributed by atoms with Crippen LogP contribution in [0.1, 0.15) is 23.3 Å². The Morgan fingerprint density at radius 2 is 2.41 bits per heavy atom. The van der Waals surface area contributed by atoms with E-state index in [4.69, 9.17) is 9.47 Å². The van der Waals surface area contributed by atoms with Crippen LogP contribution in [0.25, 0.3) is 0 Å². The highest BCUT2D eigenvalue weighted by molar-refractivity contribution is 5.86. The molecule has 1 aromatic rings. The summed E-state index contributed by atoms with van der Waals surface area (Å²) in [4.78, 5) is 19.0. The summed E-state index contributed by atoms with van der Waals surface area (Å²) in [7, 11) is 1.30. The maximum atomic E-state index is 11.1. The van der Waals surface area contributed by atoms with E-state index in [1.54, 1.807) is 0 Å². The summed E-state index contributed by atoms with van der Waals surface area (Å²) in [6, 6.07) is 0. The van der Waals surface area contributed by atoms with Crippen molar-refractivity contribution in [2.75, 3.05) is 20.3 Å². The average molecular weight is 238 g/mol. The van der Waals surface area contributed by atoms with Crippen LogP contribution in [0.15, 0.2) is 12.4 Å². The molecule has 1 unspecified atom stereocenters. The molecule has 2 heterocycles. The van der Waals surface area contributed by atoms with Crippen LogP contribution in [0.3, 0.4) is 0 Å². The second-order valence-electron chi connectivity index (χ2n) is 3.68. The third-order valence-electron chi connectivity index (χ3n) is 2.46. The molecule has 0 amide bonds. The summed E-state index contributed by atoms with van der Waals surface area (Å²) in [5.41, 5.74) is 0.164. The predicted octanol–water partition coefficient (Wildman–Crippen LogP) is 0.821. The number of aromatic nitrogens is 2. The number of hydrogen-bond acceptors (Lipinski definition) is 6. The SMILES string of the molecule is COC(=O)c1cnc(OCC2CCCO2)cn1. The zero-order valence-electron chi connectivity index (χ0n) is 9.59. The number of esters is 1. The van der Waals surface area contributed by atoms with Gasteiger partial charge in [-0.2, -0.15) is 0 Å². The molecule has 1 aromatic heterocycles. The van der Waals surface area contributed by atoms with Crippen LogP contribution in [0, 0.1) is 0 Å². The number of hydrogen-bond donors (Lipinski definition) is 0. The molecule has 0 aliphatic carbocycles. The zero-order valence-corrected chi connectivity index (χ0v) is 9.59. The highest BCUT2D eigenvalue weighted by Crippen LogP contribution is 2.13. The number of rotatable bonds is 4. The minimum atomic E-state index is -0.511. The summed E-state index contributed by atoms with van der Waals surface area (Å²) >= 11 is 0. The van der Waals surface area contributed by atoms with Crippen molar-refractivity contribution in [3.8, 4) is 5.88 Å². The van der Waals surface area contributed by atoms with Crippen molar-refractivity contribution in [1.82, 2.24) is 9.97 Å². The van der Waals surface area contributed by atoms with Crippen LogP contribution < -0.4 is 4.74 Å². The van der Waals surface area contributed by atoms with Gasteiger partial charge in [0.05, 0.1) is 25.6 Å². The first-order valence-electron chi connectivity index (χ1n) is 5.44. The highest BCUT2D eigenvalue weighted by atomic mass is 16.5. The molecule has 0 spiro atoms. The molecule has 1 fully saturated rings. The van der Waals surface area contributed by atoms with Gasteiger partial charge < -0.3 is 14.2 Å². The molecule has 1 aliphatic heterocycles. The van der Waals surface area contributed by atoms with E-state index in [-0.39, 0.29) is 11.8 Å². The summed E-state index contributed by atoms with van der Waals surface area (Å²) in [6.07, 6.45) is 4.95. The Morgan fingerprint density at radius 3 is 3.00 bits per heavy atom. The van der Waals surface area contributed by atoms with Gasteiger partial charge in [0, 0.05) is 6.61 Å². The van der Waals surface area contributed by atoms with E-state index in [1.807, 2.05) is 0 Å². The van der Waals surface area contributed by atoms with Gasteiger partial charge in [-0.05, 0) is 12.8 Å². The second kappa shape index (κ2) is 5.58. The van der Waals surface area contributed by atoms with E-state index in [1.165, 1.54) is 19.5 Å². The van der Waals surface area contributed by atoms with Crippen LogP contribution in [0.4, 0.5) is 0 Å². The lowest BCUT2D eigenvalue weighted by Crippen LogP contribution is -2.17. The van der Waals surface area contributed by atoms with E-state index in [0.717, 1.165) is 19.4 Å². The van der Waals surface area contributed by atoms with Crippen LogP contribution >= 0.6 is 0 Å². The molecule has 2 rings (SSSR count). The molecule has 0 aromatic carbocycles. The number of methoxy groups -OCH3 is 1. The van der Waals surface area contributed by atoms with Crippen molar-refractivity contribution in [1.29, 1.82) is 0 Å². The first-order chi connectivity index (χ1) is 8.29. The number of ether oxygens (including phenoxy) is 3. The largest absolute Gasteiger partial charge is 0.474 e. The predicted molar refractivity (Wildman–Crippen MR) is 57.8 cm³/mol. The number of carbonyl (C=O) groups excluding carboxylic acids is 1. The molecule has 0 N–H and O–H groups in total. The first kappa shape index (κ1) is 11.8. The van der Waals surface area contributed by atoms with E-state index in [0.29, 0.717) is 12.5 Å². The van der Waals surface area contributed by atoms with Crippen LogP contribution in [0.2, 0.25) is 0 Å². The van der Waals surface area contributed by atoms with Gasteiger partial charge in [0.15, 0.2) is 5.69 Å². The van der Waals surface area contributed by atoms with E-state index in [2.05, 4.69) is 14.7 Å². The van der Waals surface area contributed by atoms with Gasteiger partial charge in [-0.3, -0.25) is 0 Å². The average Bonchev–Trinajstić information content (AvgIpc) is 2.89. The fraction of sp³-hybridized carbons (Fsp3) is 0.545. The fourth-order valence-corrected chi connectivity index (χ4v) is 1.55. The Bertz CT molecular complexity index is 374. The molecule has 1 aliphatic rings. The number of carbonyl (C=O) groups is 1. The van der Waals surface area contributed by atoms with Crippen molar-refractivity contribution < 1.29 is 19.0 Å². The Morgan fingerprint density at radius 1 is 1.53 bits per heavy atom. The highest BCUT2D eigenvalue weighted by Gasteiger charge is 2.16. The van der Waals surface area contributed by atoms with Gasteiger partial charge in [-0.15, -0.1) is 0 Å². The monoisotopic (exact) mass is 238 g/mol. The minimum absolute atomic E-state index is 0.136. The summed E-state index contributed by atoms with van der Waals surface area (Å²) in [5.74, 6) is -0.128. The second-order valence-corrected chi connectivity index (χ2v) is 3.68. The maximum absolute atomic E-state index is 11.1. The van der Waals surface area contributed by atoms with Gasteiger partial charge in [-0.1, -0.05) is 0 Å². The summed E-state index contributed by atoms with van der Waals surface area (Å²) in [6.45, 7) is 1.26. The Hall–Kier alpha value is -1.69. The molecule has 0 bridgehead atoms. The quantitative estimate of drug-likeness (QED) is 0.723. The smallest absolute Gasteiger partial charge is 0.358 e. The standard InChI is InChI=1S/C11H14N2O4/c1-15-11(14)9-5-13-10(6-12-9)17-7-8-3-2-4-16-8/h5-6,8H,2-4,7H2,1H3. The molecular formula is C11H14N2O4. The van der Waals surface area contributed by atoms with Gasteiger partial charge in [0.1, 0.15) is 6.61 Å². The molecule has 6 nitrogen and oxygen atoms in total. The third kappa shape index (κ3) is 3.13. The molecule has 1 atom stereocenters. The van der Waals surface area contributed by atoms with Crippen LogP contribution in [-0.2, 0) is 9.47 Å². The van der Waals surface area contributed by atoms with Crippen molar-refractivity contribution >= 4 is 5.97 Å². The van der Waals surface area contributed by atoms with Gasteiger partial charge >= 0.3 is 5.97 Å². The summed E-state index contributed by atoms with van der Waals surface area (Å²) in [5, 5.41) is 0. The van der Waals surface area contributed by atoms with Crippen molar-refractivity contribution in [3.63, 3.8) is 0 Å². The van der Waals surface area contributed by atoms with Crippen LogP contribution in [0.5, 0.6) is 5.88 Å². The lowest BCUT2D eigenvalue weighted by Gasteiger charge is -2.10. The van der Waals surface area contributed by atoms with E-state index < -0.39 is 5.97 Å². The molecule has 92 valence electrons. The molecule has 1 saturated heterocycles. The Balaban J connectivity index is 1.87. The zero-order chi connectivity index (χ0) is 12.1. The first-order valence-corrected chi connectivity index (χ1v) is 5.44. The normalized spacial score (nSPS) is 19.0. The lowest BCUT2D eigenvalue weighted by atomic mass is 10.2. The fourth-order valence-electron chi connectivity index (χ4n) is 1.55. The molecule has 17 heavy (non-hydrogen) atoms. The molecule has 0 saturated carbocycles. The Kier molecular flexibility index (Phi) is 3.87. The molecular weight excluding hydrogens is 224 g/mol. The third-order valence-corrected chi connectivity index (χ3v) is 2.46. The van der Waals surface area contributed by atoms with E-state index >= 15 is 0 Å². The van der Waals surface area contributed by atoms with Crippen molar-refractivity contribution in [2.45, 2.75) is 18.9 Å². The Labute approximate surface area is 98.9 Å². The maximum Gasteiger partial charge on any atom is 0.358 e. The molecule has 0 radical (unpaired) electrons. The topological polar surface area (TPSA) is 70.5 Å². The molecule has 6 heteroatoms. The minimum Gasteiger partial charge on any atom is -0.474 e. The summed E-state index contributed by atoms with van der Waals surface area (Å²) < 4.78 is 15.3. The van der Waals surface area contributed by atoms with Crippen LogP contribution in [-0.4, -0.2) is 42.4 Å². The van der Waals surface area contributed by atoms with Gasteiger partial charge in [0.25, 0.3) is 0 Å². The van der Waals surface area contributed by atoms with Gasteiger partial charge in [-0.25, -0.2) is 14.8 Å². The van der Waals surface area contributed by atoms with Crippen molar-refractivity contribution in [2.24, 2.45) is 0 Å².